The summed E-state index contributed by atoms with van der Waals surface area (Å²) in [6.45, 7) is 7.42. The second-order valence-electron chi connectivity index (χ2n) is 8.72. The Bertz CT molecular complexity index is 848. The maximum absolute atomic E-state index is 13.6. The number of carbonyl (C=O) groups excluding carboxylic acids is 2. The molecule has 0 radical (unpaired) electrons. The average molecular weight is 469 g/mol. The molecule has 3 rings (SSSR count). The van der Waals surface area contributed by atoms with E-state index < -0.39 is 11.0 Å². The molecule has 1 heterocycles. The zero-order valence-corrected chi connectivity index (χ0v) is 19.2. The molecule has 0 atom stereocenters. The van der Waals surface area contributed by atoms with Crippen LogP contribution in [0.15, 0.2) is 22.5 Å². The van der Waals surface area contributed by atoms with Crippen LogP contribution in [0.3, 0.4) is 0 Å². The summed E-state index contributed by atoms with van der Waals surface area (Å²) in [5.41, 5.74) is 0.657. The van der Waals surface area contributed by atoms with Crippen molar-refractivity contribution in [3.05, 3.63) is 38.6 Å². The summed E-state index contributed by atoms with van der Waals surface area (Å²) in [5.74, 6) is -0.131. The van der Waals surface area contributed by atoms with Crippen LogP contribution in [0.1, 0.15) is 70.9 Å². The van der Waals surface area contributed by atoms with Gasteiger partial charge in [-0.1, -0.05) is 53.7 Å². The molecule has 1 aromatic carbocycles. The van der Waals surface area contributed by atoms with E-state index in [2.05, 4.69) is 21.2 Å². The Hall–Kier alpha value is -1.33. The summed E-state index contributed by atoms with van der Waals surface area (Å²) in [4.78, 5) is 26.3. The van der Waals surface area contributed by atoms with Gasteiger partial charge in [-0.3, -0.25) is 9.59 Å². The van der Waals surface area contributed by atoms with Crippen molar-refractivity contribution in [1.82, 2.24) is 5.32 Å². The van der Waals surface area contributed by atoms with E-state index in [0.717, 1.165) is 42.1 Å². The van der Waals surface area contributed by atoms with Crippen molar-refractivity contribution >= 4 is 44.9 Å². The van der Waals surface area contributed by atoms with Crippen molar-refractivity contribution < 1.29 is 14.3 Å². The Morgan fingerprint density at radius 3 is 2.46 bits per heavy atom. The number of hydrogen-bond acceptors (Lipinski definition) is 4. The van der Waals surface area contributed by atoms with Gasteiger partial charge in [-0.15, -0.1) is 0 Å². The molecule has 1 saturated carbocycles. The van der Waals surface area contributed by atoms with Crippen molar-refractivity contribution in [1.29, 1.82) is 0 Å². The lowest BCUT2D eigenvalue weighted by Gasteiger charge is -2.33. The molecule has 6 heteroatoms. The zero-order chi connectivity index (χ0) is 20.7. The van der Waals surface area contributed by atoms with Crippen LogP contribution >= 0.6 is 27.5 Å². The van der Waals surface area contributed by atoms with E-state index in [9.17, 15) is 9.59 Å². The SMILES string of the molecule is CCc1cc(Br)cc(Cl)c1C1=C(OC(=O)C(C)(C)C)NC2(CCCCC2)C1=O. The summed E-state index contributed by atoms with van der Waals surface area (Å²) in [6, 6.07) is 3.75. The second kappa shape index (κ2) is 7.83. The lowest BCUT2D eigenvalue weighted by molar-refractivity contribution is -0.149. The van der Waals surface area contributed by atoms with Crippen LogP contribution in [0.2, 0.25) is 5.02 Å². The van der Waals surface area contributed by atoms with Gasteiger partial charge >= 0.3 is 5.97 Å². The number of Topliss-reactive ketones (excluding diaryl/α,β-unsaturated/α-hetero) is 1. The summed E-state index contributed by atoms with van der Waals surface area (Å²) < 4.78 is 6.62. The quantitative estimate of drug-likeness (QED) is 0.570. The van der Waals surface area contributed by atoms with Crippen LogP contribution in [0, 0.1) is 5.41 Å². The minimum absolute atomic E-state index is 0.0113. The lowest BCUT2D eigenvalue weighted by atomic mass is 9.77. The van der Waals surface area contributed by atoms with E-state index in [4.69, 9.17) is 16.3 Å². The number of carbonyl (C=O) groups is 2. The standard InChI is InChI=1S/C22H27BrClNO3/c1-5-13-11-14(23)12-15(24)16(13)17-18(26)22(9-7-6-8-10-22)25-19(17)28-20(27)21(2,3)4/h11-12,25H,5-10H2,1-4H3. The minimum Gasteiger partial charge on any atom is -0.409 e. The molecule has 0 bridgehead atoms. The lowest BCUT2D eigenvalue weighted by Crippen LogP contribution is -2.48. The molecule has 1 spiro atoms. The van der Waals surface area contributed by atoms with Crippen molar-refractivity contribution in [2.45, 2.75) is 71.8 Å². The van der Waals surface area contributed by atoms with E-state index in [-0.39, 0.29) is 17.6 Å². The predicted octanol–water partition coefficient (Wildman–Crippen LogP) is 5.80. The fraction of sp³-hybridized carbons (Fsp3) is 0.545. The van der Waals surface area contributed by atoms with Crippen LogP contribution in [0.25, 0.3) is 5.57 Å². The first-order chi connectivity index (χ1) is 13.1. The van der Waals surface area contributed by atoms with Gasteiger partial charge in [0, 0.05) is 10.0 Å². The summed E-state index contributed by atoms with van der Waals surface area (Å²) in [6.07, 6.45) is 5.24. The van der Waals surface area contributed by atoms with E-state index in [1.54, 1.807) is 26.8 Å². The fourth-order valence-corrected chi connectivity index (χ4v) is 4.89. The van der Waals surface area contributed by atoms with E-state index in [0.29, 0.717) is 22.6 Å². The highest BCUT2D eigenvalue weighted by Gasteiger charge is 2.50. The molecule has 0 saturated heterocycles. The normalized spacial score (nSPS) is 19.1. The number of nitrogens with one attached hydrogen (secondary N) is 1. The van der Waals surface area contributed by atoms with Gasteiger partial charge in [0.25, 0.3) is 0 Å². The van der Waals surface area contributed by atoms with Crippen LogP contribution in [-0.4, -0.2) is 17.3 Å². The van der Waals surface area contributed by atoms with Crippen molar-refractivity contribution in [2.24, 2.45) is 5.41 Å². The molecule has 1 aliphatic heterocycles. The third-order valence-electron chi connectivity index (χ3n) is 5.52. The summed E-state index contributed by atoms with van der Waals surface area (Å²) in [5, 5.41) is 3.80. The predicted molar refractivity (Wildman–Crippen MR) is 115 cm³/mol. The zero-order valence-electron chi connectivity index (χ0n) is 16.9. The molecule has 152 valence electrons. The molecule has 0 unspecified atom stereocenters. The van der Waals surface area contributed by atoms with Gasteiger partial charge in [0.2, 0.25) is 5.88 Å². The smallest absolute Gasteiger partial charge is 0.317 e. The fourth-order valence-electron chi connectivity index (χ4n) is 3.92. The highest BCUT2D eigenvalue weighted by atomic mass is 79.9. The molecule has 0 amide bonds. The summed E-state index contributed by atoms with van der Waals surface area (Å²) in [7, 11) is 0. The van der Waals surface area contributed by atoms with Gasteiger partial charge in [0.1, 0.15) is 5.54 Å². The van der Waals surface area contributed by atoms with Gasteiger partial charge in [0.15, 0.2) is 5.78 Å². The van der Waals surface area contributed by atoms with Gasteiger partial charge in [0.05, 0.1) is 16.0 Å². The molecule has 28 heavy (non-hydrogen) atoms. The largest absolute Gasteiger partial charge is 0.409 e. The molecule has 1 fully saturated rings. The molecule has 1 aromatic rings. The Balaban J connectivity index is 2.15. The monoisotopic (exact) mass is 467 g/mol. The maximum atomic E-state index is 13.6. The highest BCUT2D eigenvalue weighted by Crippen LogP contribution is 2.44. The Morgan fingerprint density at radius 1 is 1.25 bits per heavy atom. The topological polar surface area (TPSA) is 55.4 Å². The van der Waals surface area contributed by atoms with E-state index in [1.807, 2.05) is 13.0 Å². The highest BCUT2D eigenvalue weighted by molar-refractivity contribution is 9.10. The van der Waals surface area contributed by atoms with Gasteiger partial charge in [-0.2, -0.15) is 0 Å². The Morgan fingerprint density at radius 2 is 1.89 bits per heavy atom. The van der Waals surface area contributed by atoms with Crippen molar-refractivity contribution in [3.63, 3.8) is 0 Å². The molecule has 0 aromatic heterocycles. The van der Waals surface area contributed by atoms with Gasteiger partial charge in [-0.25, -0.2) is 0 Å². The first kappa shape index (κ1) is 21.4. The van der Waals surface area contributed by atoms with Gasteiger partial charge in [-0.05, 0) is 57.7 Å². The number of esters is 1. The third-order valence-corrected chi connectivity index (χ3v) is 6.28. The maximum Gasteiger partial charge on any atom is 0.317 e. The number of halogens is 2. The van der Waals surface area contributed by atoms with Gasteiger partial charge < -0.3 is 10.1 Å². The minimum atomic E-state index is -0.692. The third kappa shape index (κ3) is 3.88. The first-order valence-electron chi connectivity index (χ1n) is 9.87. The second-order valence-corrected chi connectivity index (χ2v) is 10.0. The van der Waals surface area contributed by atoms with E-state index >= 15 is 0 Å². The molecular weight excluding hydrogens is 442 g/mol. The number of rotatable bonds is 3. The average Bonchev–Trinajstić information content (AvgIpc) is 2.86. The van der Waals surface area contributed by atoms with Crippen molar-refractivity contribution in [3.8, 4) is 0 Å². The molecule has 4 nitrogen and oxygen atoms in total. The molecule has 1 aliphatic carbocycles. The molecule has 2 aliphatic rings. The summed E-state index contributed by atoms with van der Waals surface area (Å²) >= 11 is 10.1. The Kier molecular flexibility index (Phi) is 5.98. The Labute approximate surface area is 180 Å². The number of ketones is 1. The number of benzene rings is 1. The van der Waals surface area contributed by atoms with E-state index in [1.165, 1.54) is 0 Å². The number of hydrogen-bond donors (Lipinski definition) is 1. The molecule has 1 N–H and O–H groups in total. The van der Waals surface area contributed by atoms with Crippen LogP contribution in [0.5, 0.6) is 0 Å². The number of ether oxygens (including phenoxy) is 1. The first-order valence-corrected chi connectivity index (χ1v) is 11.0. The van der Waals surface area contributed by atoms with Crippen LogP contribution in [0.4, 0.5) is 0 Å². The van der Waals surface area contributed by atoms with Crippen LogP contribution in [-0.2, 0) is 20.7 Å². The number of aryl methyl sites for hydroxylation is 1. The van der Waals surface area contributed by atoms with Crippen molar-refractivity contribution in [2.75, 3.05) is 0 Å². The van der Waals surface area contributed by atoms with Crippen LogP contribution < -0.4 is 5.32 Å². The molecular formula is C22H27BrClNO3.